The number of amides is 2. The van der Waals surface area contributed by atoms with Gasteiger partial charge in [-0.2, -0.15) is 0 Å². The van der Waals surface area contributed by atoms with E-state index in [1.54, 1.807) is 0 Å². The van der Waals surface area contributed by atoms with E-state index in [0.29, 0.717) is 6.42 Å². The molecule has 2 aliphatic rings. The van der Waals surface area contributed by atoms with Crippen molar-refractivity contribution in [2.75, 3.05) is 32.7 Å². The van der Waals surface area contributed by atoms with E-state index >= 15 is 0 Å². The summed E-state index contributed by atoms with van der Waals surface area (Å²) in [4.78, 5) is 28.6. The second kappa shape index (κ2) is 12.3. The number of hydrogen-bond acceptors (Lipinski definition) is 4. The molecule has 1 aromatic carbocycles. The molecule has 1 saturated heterocycles. The van der Waals surface area contributed by atoms with Crippen molar-refractivity contribution in [1.82, 2.24) is 15.1 Å². The third kappa shape index (κ3) is 7.24. The molecule has 0 bridgehead atoms. The number of carbonyl (C=O) groups excluding carboxylic acids is 2. The maximum absolute atomic E-state index is 12.3. The van der Waals surface area contributed by atoms with Crippen LogP contribution in [0, 0.1) is 5.92 Å². The number of rotatable bonds is 6. The number of benzene rings is 1. The van der Waals surface area contributed by atoms with Crippen molar-refractivity contribution in [2.24, 2.45) is 11.7 Å². The van der Waals surface area contributed by atoms with Gasteiger partial charge in [-0.15, -0.1) is 24.8 Å². The molecule has 158 valence electrons. The molecular weight excluding hydrogens is 399 g/mol. The molecule has 1 heterocycles. The van der Waals surface area contributed by atoms with Gasteiger partial charge in [0.1, 0.15) is 0 Å². The smallest absolute Gasteiger partial charge is 0.242 e. The number of piperazine rings is 1. The van der Waals surface area contributed by atoms with Crippen LogP contribution in [0.1, 0.15) is 31.2 Å². The standard InChI is InChI=1S/C20H30N4O2.2ClH/c21-18-8-4-7-17(18)13-19(25)22-14-20(26)24-11-9-23(10-12-24)15-16-5-2-1-3-6-16;;/h1-3,5-6,17-18H,4,7-15,21H2,(H,22,25);2*1H/t17-,18+;;/m0../s1. The van der Waals surface area contributed by atoms with Gasteiger partial charge in [-0.25, -0.2) is 0 Å². The second-order valence-electron chi connectivity index (χ2n) is 7.48. The predicted molar refractivity (Wildman–Crippen MR) is 116 cm³/mol. The van der Waals surface area contributed by atoms with Crippen molar-refractivity contribution in [3.05, 3.63) is 35.9 Å². The average Bonchev–Trinajstić information content (AvgIpc) is 3.06. The van der Waals surface area contributed by atoms with Crippen molar-refractivity contribution in [1.29, 1.82) is 0 Å². The van der Waals surface area contributed by atoms with Crippen LogP contribution in [0.4, 0.5) is 0 Å². The topological polar surface area (TPSA) is 78.7 Å². The number of carbonyl (C=O) groups is 2. The third-order valence-corrected chi connectivity index (χ3v) is 5.58. The molecule has 6 nitrogen and oxygen atoms in total. The number of nitrogens with one attached hydrogen (secondary N) is 1. The number of hydrogen-bond donors (Lipinski definition) is 2. The van der Waals surface area contributed by atoms with Gasteiger partial charge < -0.3 is 16.0 Å². The summed E-state index contributed by atoms with van der Waals surface area (Å²) in [6.07, 6.45) is 3.57. The van der Waals surface area contributed by atoms with Crippen molar-refractivity contribution >= 4 is 36.6 Å². The van der Waals surface area contributed by atoms with Gasteiger partial charge in [0, 0.05) is 45.2 Å². The van der Waals surface area contributed by atoms with E-state index in [1.165, 1.54) is 5.56 Å². The minimum absolute atomic E-state index is 0. The zero-order valence-electron chi connectivity index (χ0n) is 16.2. The molecule has 1 aromatic rings. The zero-order valence-corrected chi connectivity index (χ0v) is 17.9. The van der Waals surface area contributed by atoms with Crippen LogP contribution in [0.25, 0.3) is 0 Å². The van der Waals surface area contributed by atoms with E-state index in [-0.39, 0.29) is 55.1 Å². The molecule has 1 aliphatic carbocycles. The number of nitrogens with two attached hydrogens (primary N) is 1. The molecule has 2 fully saturated rings. The fourth-order valence-corrected chi connectivity index (χ4v) is 3.91. The summed E-state index contributed by atoms with van der Waals surface area (Å²) in [6, 6.07) is 10.5. The monoisotopic (exact) mass is 430 g/mol. The lowest BCUT2D eigenvalue weighted by atomic mass is 10.00. The number of halogens is 2. The fourth-order valence-electron chi connectivity index (χ4n) is 3.91. The molecule has 0 aromatic heterocycles. The van der Waals surface area contributed by atoms with Gasteiger partial charge >= 0.3 is 0 Å². The Bertz CT molecular complexity index is 609. The summed E-state index contributed by atoms with van der Waals surface area (Å²) in [7, 11) is 0. The van der Waals surface area contributed by atoms with Gasteiger partial charge in [-0.05, 0) is 24.3 Å². The second-order valence-corrected chi connectivity index (χ2v) is 7.48. The van der Waals surface area contributed by atoms with Crippen molar-refractivity contribution in [3.8, 4) is 0 Å². The van der Waals surface area contributed by atoms with E-state index in [0.717, 1.165) is 52.0 Å². The lowest BCUT2D eigenvalue weighted by Gasteiger charge is -2.34. The highest BCUT2D eigenvalue weighted by molar-refractivity contribution is 5.86. The Morgan fingerprint density at radius 2 is 1.71 bits per heavy atom. The predicted octanol–water partition coefficient (Wildman–Crippen LogP) is 1.81. The van der Waals surface area contributed by atoms with E-state index in [2.05, 4.69) is 34.5 Å². The van der Waals surface area contributed by atoms with Gasteiger partial charge in [0.2, 0.25) is 11.8 Å². The molecule has 28 heavy (non-hydrogen) atoms. The first-order valence-corrected chi connectivity index (χ1v) is 9.68. The van der Waals surface area contributed by atoms with Crippen LogP contribution in [0.2, 0.25) is 0 Å². The molecule has 8 heteroatoms. The Morgan fingerprint density at radius 1 is 1.04 bits per heavy atom. The van der Waals surface area contributed by atoms with Crippen LogP contribution >= 0.6 is 24.8 Å². The van der Waals surface area contributed by atoms with Gasteiger partial charge in [-0.1, -0.05) is 36.8 Å². The Balaban J connectivity index is 0.00000196. The highest BCUT2D eigenvalue weighted by Crippen LogP contribution is 2.26. The molecule has 2 atom stereocenters. The molecule has 2 amide bonds. The van der Waals surface area contributed by atoms with Gasteiger partial charge in [0.25, 0.3) is 0 Å². The summed E-state index contributed by atoms with van der Waals surface area (Å²) < 4.78 is 0. The molecule has 3 N–H and O–H groups in total. The SMILES string of the molecule is Cl.Cl.N[C@@H]1CCC[C@H]1CC(=O)NCC(=O)N1CCN(Cc2ccccc2)CC1. The molecule has 0 radical (unpaired) electrons. The summed E-state index contributed by atoms with van der Waals surface area (Å²) >= 11 is 0. The average molecular weight is 431 g/mol. The largest absolute Gasteiger partial charge is 0.347 e. The Morgan fingerprint density at radius 3 is 2.32 bits per heavy atom. The normalized spacial score (nSPS) is 22.1. The van der Waals surface area contributed by atoms with Crippen LogP contribution in [-0.2, 0) is 16.1 Å². The molecule has 0 unspecified atom stereocenters. The van der Waals surface area contributed by atoms with E-state index in [4.69, 9.17) is 5.73 Å². The first-order chi connectivity index (χ1) is 12.6. The minimum Gasteiger partial charge on any atom is -0.347 e. The summed E-state index contributed by atoms with van der Waals surface area (Å²) in [6.45, 7) is 4.18. The lowest BCUT2D eigenvalue weighted by molar-refractivity contribution is -0.134. The minimum atomic E-state index is -0.0524. The van der Waals surface area contributed by atoms with Gasteiger partial charge in [0.05, 0.1) is 6.54 Å². The quantitative estimate of drug-likeness (QED) is 0.720. The number of nitrogens with zero attached hydrogens (tertiary/aromatic N) is 2. The Kier molecular flexibility index (Phi) is 10.8. The van der Waals surface area contributed by atoms with Crippen LogP contribution in [0.5, 0.6) is 0 Å². The third-order valence-electron chi connectivity index (χ3n) is 5.58. The molecular formula is C20H32Cl2N4O2. The maximum atomic E-state index is 12.3. The fraction of sp³-hybridized carbons (Fsp3) is 0.600. The highest BCUT2D eigenvalue weighted by Gasteiger charge is 2.26. The summed E-state index contributed by atoms with van der Waals surface area (Å²) in [5.74, 6) is 0.225. The Hall–Kier alpha value is -1.34. The van der Waals surface area contributed by atoms with Crippen LogP contribution < -0.4 is 11.1 Å². The van der Waals surface area contributed by atoms with Crippen LogP contribution in [-0.4, -0.2) is 60.4 Å². The molecule has 0 spiro atoms. The highest BCUT2D eigenvalue weighted by atomic mass is 35.5. The van der Waals surface area contributed by atoms with Crippen molar-refractivity contribution in [3.63, 3.8) is 0 Å². The zero-order chi connectivity index (χ0) is 18.4. The van der Waals surface area contributed by atoms with Crippen LogP contribution in [0.15, 0.2) is 30.3 Å². The maximum Gasteiger partial charge on any atom is 0.242 e. The van der Waals surface area contributed by atoms with Crippen molar-refractivity contribution in [2.45, 2.75) is 38.3 Å². The summed E-state index contributed by atoms with van der Waals surface area (Å²) in [5.41, 5.74) is 7.30. The Labute approximate surface area is 180 Å². The lowest BCUT2D eigenvalue weighted by Crippen LogP contribution is -2.51. The molecule has 1 aliphatic heterocycles. The first-order valence-electron chi connectivity index (χ1n) is 9.68. The van der Waals surface area contributed by atoms with Gasteiger partial charge in [0.15, 0.2) is 0 Å². The molecule has 3 rings (SSSR count). The van der Waals surface area contributed by atoms with E-state index < -0.39 is 0 Å². The van der Waals surface area contributed by atoms with E-state index in [1.807, 2.05) is 11.0 Å². The molecule has 1 saturated carbocycles. The summed E-state index contributed by atoms with van der Waals surface area (Å²) in [5, 5.41) is 2.78. The first kappa shape index (κ1) is 24.7. The van der Waals surface area contributed by atoms with E-state index in [9.17, 15) is 9.59 Å². The van der Waals surface area contributed by atoms with Crippen molar-refractivity contribution < 1.29 is 9.59 Å². The van der Waals surface area contributed by atoms with Gasteiger partial charge in [-0.3, -0.25) is 14.5 Å². The van der Waals surface area contributed by atoms with Crippen LogP contribution in [0.3, 0.4) is 0 Å².